The molecule has 0 aliphatic carbocycles. The van der Waals surface area contributed by atoms with E-state index >= 15 is 0 Å². The fourth-order valence-corrected chi connectivity index (χ4v) is 2.89. The topological polar surface area (TPSA) is 44.8 Å². The van der Waals surface area contributed by atoms with E-state index in [-0.39, 0.29) is 5.97 Å². The molecule has 0 saturated heterocycles. The Balaban J connectivity index is 4.30. The third-order valence-corrected chi connectivity index (χ3v) is 3.51. The molecule has 0 N–H and O–H groups in total. The van der Waals surface area contributed by atoms with Gasteiger partial charge >= 0.3 is 15.5 Å². The summed E-state index contributed by atoms with van der Waals surface area (Å²) in [6.07, 6.45) is 1.52. The van der Waals surface area contributed by atoms with Crippen LogP contribution < -0.4 is 0 Å². The van der Waals surface area contributed by atoms with Gasteiger partial charge in [-0.2, -0.15) is 0 Å². The summed E-state index contributed by atoms with van der Waals surface area (Å²) in [6, 6.07) is 0. The minimum Gasteiger partial charge on any atom is -0.472 e. The van der Waals surface area contributed by atoms with Gasteiger partial charge in [0, 0.05) is 18.8 Å². The molecule has 0 amide bonds. The van der Waals surface area contributed by atoms with Gasteiger partial charge in [0.05, 0.1) is 0 Å². The highest BCUT2D eigenvalue weighted by atomic mass is 28.3. The lowest BCUT2D eigenvalue weighted by Gasteiger charge is -2.19. The summed E-state index contributed by atoms with van der Waals surface area (Å²) >= 11 is 0. The maximum atomic E-state index is 11.8. The first-order valence-corrected chi connectivity index (χ1v) is 8.40. The van der Waals surface area contributed by atoms with Crippen LogP contribution in [0.2, 0.25) is 0 Å². The van der Waals surface area contributed by atoms with Gasteiger partial charge in [-0.3, -0.25) is 0 Å². The molecule has 0 heterocycles. The van der Waals surface area contributed by atoms with Crippen LogP contribution in [-0.2, 0) is 18.1 Å². The van der Waals surface area contributed by atoms with E-state index in [0.29, 0.717) is 37.0 Å². The average molecular weight is 288 g/mol. The van der Waals surface area contributed by atoms with E-state index in [1.165, 1.54) is 0 Å². The van der Waals surface area contributed by atoms with Crippen molar-refractivity contribution in [1.82, 2.24) is 0 Å². The molecule has 0 unspecified atom stereocenters. The highest BCUT2D eigenvalue weighted by Gasteiger charge is 2.23. The Hall–Kier alpha value is -0.653. The molecule has 0 aromatic carbocycles. The summed E-state index contributed by atoms with van der Waals surface area (Å²) < 4.78 is 16.5. The smallest absolute Gasteiger partial charge is 0.472 e. The van der Waals surface area contributed by atoms with Gasteiger partial charge < -0.3 is 13.3 Å². The normalized spacial score (nSPS) is 11.4. The van der Waals surface area contributed by atoms with Gasteiger partial charge in [-0.1, -0.05) is 47.6 Å². The van der Waals surface area contributed by atoms with Crippen molar-refractivity contribution in [3.05, 3.63) is 12.2 Å². The van der Waals surface area contributed by atoms with E-state index in [1.807, 2.05) is 34.6 Å². The van der Waals surface area contributed by atoms with Gasteiger partial charge in [0.15, 0.2) is 0 Å². The second-order valence-corrected chi connectivity index (χ2v) is 6.98. The van der Waals surface area contributed by atoms with Gasteiger partial charge in [0.25, 0.3) is 0 Å². The highest BCUT2D eigenvalue weighted by molar-refractivity contribution is 6.39. The summed E-state index contributed by atoms with van der Waals surface area (Å²) in [5, 5.41) is 0. The molecule has 0 aromatic heterocycles. The van der Waals surface area contributed by atoms with Crippen LogP contribution in [0, 0.1) is 11.8 Å². The van der Waals surface area contributed by atoms with Crippen molar-refractivity contribution in [2.45, 2.75) is 47.5 Å². The van der Waals surface area contributed by atoms with Crippen LogP contribution in [0.5, 0.6) is 0 Å². The van der Waals surface area contributed by atoms with Crippen LogP contribution in [0.1, 0.15) is 47.5 Å². The summed E-state index contributed by atoms with van der Waals surface area (Å²) in [5.41, 5.74) is 0.487. The fraction of sp³-hybridized carbons (Fsp3) is 0.786. The van der Waals surface area contributed by atoms with Gasteiger partial charge in [0.2, 0.25) is 0 Å². The predicted octanol–water partition coefficient (Wildman–Crippen LogP) is 2.95. The molecular weight excluding hydrogens is 260 g/mol. The van der Waals surface area contributed by atoms with E-state index in [2.05, 4.69) is 6.58 Å². The van der Waals surface area contributed by atoms with Crippen molar-refractivity contribution in [2.24, 2.45) is 11.8 Å². The van der Waals surface area contributed by atoms with E-state index in [1.54, 1.807) is 0 Å². The van der Waals surface area contributed by atoms with Crippen LogP contribution in [0.3, 0.4) is 0 Å². The molecule has 4 nitrogen and oxygen atoms in total. The number of hydrogen-bond acceptors (Lipinski definition) is 4. The molecule has 0 rings (SSSR count). The van der Waals surface area contributed by atoms with E-state index in [9.17, 15) is 4.79 Å². The Morgan fingerprint density at radius 2 is 1.58 bits per heavy atom. The first kappa shape index (κ1) is 18.3. The van der Waals surface area contributed by atoms with Crippen LogP contribution in [0.15, 0.2) is 12.2 Å². The molecule has 0 radical (unpaired) electrons. The largest absolute Gasteiger partial charge is 0.551 e. The number of hydrogen-bond donors (Lipinski definition) is 0. The Morgan fingerprint density at radius 1 is 1.11 bits per heavy atom. The molecule has 112 valence electrons. The number of carbonyl (C=O) groups excluding carboxylic acids is 1. The van der Waals surface area contributed by atoms with Gasteiger partial charge in [-0.15, -0.1) is 0 Å². The Kier molecular flexibility index (Phi) is 9.82. The van der Waals surface area contributed by atoms with Crippen molar-refractivity contribution in [3.8, 4) is 0 Å². The second kappa shape index (κ2) is 10.2. The third kappa shape index (κ3) is 9.87. The molecule has 0 bridgehead atoms. The Bertz CT molecular complexity index is 265. The van der Waals surface area contributed by atoms with E-state index < -0.39 is 9.53 Å². The van der Waals surface area contributed by atoms with E-state index in [4.69, 9.17) is 13.3 Å². The zero-order valence-corrected chi connectivity index (χ0v) is 14.1. The molecule has 5 heteroatoms. The zero-order valence-electron chi connectivity index (χ0n) is 12.9. The Morgan fingerprint density at radius 3 is 1.95 bits per heavy atom. The molecule has 0 aromatic rings. The molecule has 0 spiro atoms. The van der Waals surface area contributed by atoms with Crippen molar-refractivity contribution < 1.29 is 18.1 Å². The molecule has 0 aliphatic rings. The van der Waals surface area contributed by atoms with Gasteiger partial charge in [-0.05, 0) is 18.3 Å². The lowest BCUT2D eigenvalue weighted by atomic mass is 10.2. The molecule has 0 aliphatic heterocycles. The number of rotatable bonds is 10. The first-order valence-electron chi connectivity index (χ1n) is 6.98. The summed E-state index contributed by atoms with van der Waals surface area (Å²) in [5.74, 6) is 0.386. The quantitative estimate of drug-likeness (QED) is 0.458. The lowest BCUT2D eigenvalue weighted by molar-refractivity contribution is -0.134. The zero-order chi connectivity index (χ0) is 14.8. The average Bonchev–Trinajstić information content (AvgIpc) is 2.32. The van der Waals surface area contributed by atoms with Crippen molar-refractivity contribution in [2.75, 3.05) is 13.2 Å². The highest BCUT2D eigenvalue weighted by Crippen LogP contribution is 2.08. The third-order valence-electron chi connectivity index (χ3n) is 2.17. The SMILES string of the molecule is C=C(CCC)C(=O)O[SiH](OCC(C)C)OCC(C)C. The molecule has 0 saturated carbocycles. The number of carbonyl (C=O) groups is 1. The standard InChI is InChI=1S/C14H28O4Si/c1-7-8-13(6)14(15)18-19(16-9-11(2)3)17-10-12(4)5/h11-12,19H,6-10H2,1-5H3. The minimum absolute atomic E-state index is 0.383. The molecular formula is C14H28O4Si. The van der Waals surface area contributed by atoms with Crippen LogP contribution in [0.4, 0.5) is 0 Å². The predicted molar refractivity (Wildman–Crippen MR) is 78.9 cm³/mol. The maximum absolute atomic E-state index is 11.8. The molecule has 0 atom stereocenters. The molecule has 19 heavy (non-hydrogen) atoms. The minimum atomic E-state index is -2.40. The van der Waals surface area contributed by atoms with Crippen LogP contribution >= 0.6 is 0 Å². The van der Waals surface area contributed by atoms with Gasteiger partial charge in [0.1, 0.15) is 0 Å². The van der Waals surface area contributed by atoms with Crippen LogP contribution in [-0.4, -0.2) is 28.7 Å². The monoisotopic (exact) mass is 288 g/mol. The fourth-order valence-electron chi connectivity index (χ4n) is 1.23. The summed E-state index contributed by atoms with van der Waals surface area (Å²) in [4.78, 5) is 11.8. The van der Waals surface area contributed by atoms with Gasteiger partial charge in [-0.25, -0.2) is 4.79 Å². The summed E-state index contributed by atoms with van der Waals surface area (Å²) in [7, 11) is -2.40. The molecule has 0 fully saturated rings. The Labute approximate surface area is 119 Å². The first-order chi connectivity index (χ1) is 8.86. The summed E-state index contributed by atoms with van der Waals surface area (Å²) in [6.45, 7) is 15.0. The van der Waals surface area contributed by atoms with Crippen molar-refractivity contribution >= 4 is 15.5 Å². The van der Waals surface area contributed by atoms with Crippen molar-refractivity contribution in [3.63, 3.8) is 0 Å². The lowest BCUT2D eigenvalue weighted by Crippen LogP contribution is -2.33. The van der Waals surface area contributed by atoms with E-state index in [0.717, 1.165) is 6.42 Å². The van der Waals surface area contributed by atoms with Crippen molar-refractivity contribution in [1.29, 1.82) is 0 Å². The van der Waals surface area contributed by atoms with Crippen LogP contribution in [0.25, 0.3) is 0 Å². The second-order valence-electron chi connectivity index (χ2n) is 5.50. The maximum Gasteiger partial charge on any atom is 0.551 e.